The largest absolute Gasteiger partial charge is 0.491 e. The van der Waals surface area contributed by atoms with Gasteiger partial charge in [0.05, 0.1) is 6.10 Å². The number of amides is 1. The molecule has 24 heavy (non-hydrogen) atoms. The van der Waals surface area contributed by atoms with Gasteiger partial charge in [-0.25, -0.2) is 0 Å². The van der Waals surface area contributed by atoms with Crippen LogP contribution in [0.2, 0.25) is 0 Å². The molecule has 5 heteroatoms. The van der Waals surface area contributed by atoms with Gasteiger partial charge in [0.2, 0.25) is 0 Å². The molecule has 2 atom stereocenters. The van der Waals surface area contributed by atoms with Crippen molar-refractivity contribution >= 4 is 5.91 Å². The lowest BCUT2D eigenvalue weighted by molar-refractivity contribution is 0.0679. The number of carbonyl (C=O) groups excluding carboxylic acids is 1. The van der Waals surface area contributed by atoms with Crippen LogP contribution < -0.4 is 15.4 Å². The Morgan fingerprint density at radius 3 is 3.08 bits per heavy atom. The van der Waals surface area contributed by atoms with Gasteiger partial charge in [-0.05, 0) is 69.3 Å². The second-order valence-electron chi connectivity index (χ2n) is 6.73. The standard InChI is InChI=1S/C19H28N2O3/c22-19(21-10-8-15-4-2-9-20-13-15)16-5-1-6-17(12-16)24-14-18-7-3-11-23-18/h1,5-6,12,15,18,20H,2-4,7-11,13-14H2,(H,21,22). The highest BCUT2D eigenvalue weighted by molar-refractivity contribution is 5.94. The topological polar surface area (TPSA) is 59.6 Å². The summed E-state index contributed by atoms with van der Waals surface area (Å²) in [5.74, 6) is 1.39. The maximum atomic E-state index is 12.3. The van der Waals surface area contributed by atoms with Crippen LogP contribution in [0.3, 0.4) is 0 Å². The SMILES string of the molecule is O=C(NCCC1CCCNC1)c1cccc(OCC2CCCO2)c1. The van der Waals surface area contributed by atoms with E-state index in [4.69, 9.17) is 9.47 Å². The number of benzene rings is 1. The van der Waals surface area contributed by atoms with Crippen molar-refractivity contribution in [3.8, 4) is 5.75 Å². The summed E-state index contributed by atoms with van der Waals surface area (Å²) >= 11 is 0. The van der Waals surface area contributed by atoms with E-state index >= 15 is 0 Å². The third kappa shape index (κ3) is 5.21. The second kappa shape index (κ2) is 9.04. The summed E-state index contributed by atoms with van der Waals surface area (Å²) in [7, 11) is 0. The van der Waals surface area contributed by atoms with Gasteiger partial charge in [-0.3, -0.25) is 4.79 Å². The second-order valence-corrected chi connectivity index (χ2v) is 6.73. The molecule has 0 saturated carbocycles. The predicted molar refractivity (Wildman–Crippen MR) is 93.5 cm³/mol. The maximum Gasteiger partial charge on any atom is 0.251 e. The van der Waals surface area contributed by atoms with Crippen molar-refractivity contribution < 1.29 is 14.3 Å². The molecule has 3 rings (SSSR count). The van der Waals surface area contributed by atoms with E-state index in [0.717, 1.165) is 51.3 Å². The van der Waals surface area contributed by atoms with Gasteiger partial charge in [0.25, 0.3) is 5.91 Å². The molecule has 1 amide bonds. The molecule has 5 nitrogen and oxygen atoms in total. The summed E-state index contributed by atoms with van der Waals surface area (Å²) in [5, 5.41) is 6.43. The van der Waals surface area contributed by atoms with Crippen LogP contribution in [0.1, 0.15) is 42.5 Å². The number of hydrogen-bond donors (Lipinski definition) is 2. The number of nitrogens with one attached hydrogen (secondary N) is 2. The molecule has 2 unspecified atom stereocenters. The Kier molecular flexibility index (Phi) is 6.49. The first kappa shape index (κ1) is 17.2. The van der Waals surface area contributed by atoms with Crippen LogP contribution in [0.25, 0.3) is 0 Å². The molecule has 0 bridgehead atoms. The first-order valence-electron chi connectivity index (χ1n) is 9.14. The van der Waals surface area contributed by atoms with E-state index in [1.807, 2.05) is 24.3 Å². The fraction of sp³-hybridized carbons (Fsp3) is 0.632. The molecule has 0 spiro atoms. The highest BCUT2D eigenvalue weighted by Crippen LogP contribution is 2.17. The molecule has 0 aliphatic carbocycles. The maximum absolute atomic E-state index is 12.3. The Hall–Kier alpha value is -1.59. The molecular formula is C19H28N2O3. The quantitative estimate of drug-likeness (QED) is 0.805. The lowest BCUT2D eigenvalue weighted by Crippen LogP contribution is -2.33. The van der Waals surface area contributed by atoms with Crippen LogP contribution in [-0.2, 0) is 4.74 Å². The van der Waals surface area contributed by atoms with Crippen LogP contribution in [0.15, 0.2) is 24.3 Å². The van der Waals surface area contributed by atoms with Crippen molar-refractivity contribution in [2.24, 2.45) is 5.92 Å². The van der Waals surface area contributed by atoms with Crippen LogP contribution >= 0.6 is 0 Å². The van der Waals surface area contributed by atoms with E-state index in [1.54, 1.807) is 0 Å². The predicted octanol–water partition coefficient (Wildman–Crippen LogP) is 2.36. The number of ether oxygens (including phenoxy) is 2. The summed E-state index contributed by atoms with van der Waals surface area (Å²) in [6.07, 6.45) is 5.88. The molecule has 0 aromatic heterocycles. The number of carbonyl (C=O) groups is 1. The summed E-state index contributed by atoms with van der Waals surface area (Å²) < 4.78 is 11.3. The number of piperidine rings is 1. The molecule has 2 aliphatic heterocycles. The van der Waals surface area contributed by atoms with Gasteiger partial charge < -0.3 is 20.1 Å². The Balaban J connectivity index is 1.42. The van der Waals surface area contributed by atoms with Gasteiger partial charge in [0.1, 0.15) is 12.4 Å². The number of rotatable bonds is 7. The molecule has 2 saturated heterocycles. The molecule has 2 fully saturated rings. The third-order valence-corrected chi connectivity index (χ3v) is 4.79. The van der Waals surface area contributed by atoms with Crippen LogP contribution in [0.4, 0.5) is 0 Å². The number of hydrogen-bond acceptors (Lipinski definition) is 4. The first-order valence-corrected chi connectivity index (χ1v) is 9.14. The molecule has 132 valence electrons. The first-order chi connectivity index (χ1) is 11.8. The van der Waals surface area contributed by atoms with Crippen molar-refractivity contribution in [2.45, 2.75) is 38.2 Å². The smallest absolute Gasteiger partial charge is 0.251 e. The van der Waals surface area contributed by atoms with Crippen molar-refractivity contribution in [2.75, 3.05) is 32.8 Å². The van der Waals surface area contributed by atoms with E-state index in [2.05, 4.69) is 10.6 Å². The average molecular weight is 332 g/mol. The highest BCUT2D eigenvalue weighted by atomic mass is 16.5. The minimum absolute atomic E-state index is 0.0265. The summed E-state index contributed by atoms with van der Waals surface area (Å²) in [6, 6.07) is 7.40. The Morgan fingerprint density at radius 1 is 1.33 bits per heavy atom. The van der Waals surface area contributed by atoms with E-state index in [1.165, 1.54) is 12.8 Å². The van der Waals surface area contributed by atoms with E-state index in [-0.39, 0.29) is 12.0 Å². The molecule has 2 N–H and O–H groups in total. The fourth-order valence-electron chi connectivity index (χ4n) is 3.35. The lowest BCUT2D eigenvalue weighted by Gasteiger charge is -2.22. The van der Waals surface area contributed by atoms with Gasteiger partial charge in [-0.15, -0.1) is 0 Å². The van der Waals surface area contributed by atoms with Gasteiger partial charge in [0.15, 0.2) is 0 Å². The zero-order valence-corrected chi connectivity index (χ0v) is 14.3. The average Bonchev–Trinajstić information content (AvgIpc) is 3.15. The molecule has 1 aromatic rings. The van der Waals surface area contributed by atoms with Crippen molar-refractivity contribution in [3.05, 3.63) is 29.8 Å². The molecule has 1 aromatic carbocycles. The van der Waals surface area contributed by atoms with E-state index < -0.39 is 0 Å². The van der Waals surface area contributed by atoms with Gasteiger partial charge >= 0.3 is 0 Å². The monoisotopic (exact) mass is 332 g/mol. The minimum Gasteiger partial charge on any atom is -0.491 e. The summed E-state index contributed by atoms with van der Waals surface area (Å²) in [4.78, 5) is 12.3. The van der Waals surface area contributed by atoms with Gasteiger partial charge in [-0.2, -0.15) is 0 Å². The Morgan fingerprint density at radius 2 is 2.29 bits per heavy atom. The van der Waals surface area contributed by atoms with Gasteiger partial charge in [0, 0.05) is 18.7 Å². The third-order valence-electron chi connectivity index (χ3n) is 4.79. The Bertz CT molecular complexity index is 523. The molecule has 2 aliphatic rings. The van der Waals surface area contributed by atoms with Crippen molar-refractivity contribution in [3.63, 3.8) is 0 Å². The van der Waals surface area contributed by atoms with Gasteiger partial charge in [-0.1, -0.05) is 6.07 Å². The fourth-order valence-corrected chi connectivity index (χ4v) is 3.35. The zero-order valence-electron chi connectivity index (χ0n) is 14.3. The lowest BCUT2D eigenvalue weighted by atomic mass is 9.96. The molecule has 2 heterocycles. The van der Waals surface area contributed by atoms with Crippen LogP contribution in [0.5, 0.6) is 5.75 Å². The molecular weight excluding hydrogens is 304 g/mol. The molecule has 0 radical (unpaired) electrons. The van der Waals surface area contributed by atoms with Crippen molar-refractivity contribution in [1.82, 2.24) is 10.6 Å². The zero-order chi connectivity index (χ0) is 16.6. The summed E-state index contributed by atoms with van der Waals surface area (Å²) in [5.41, 5.74) is 0.654. The Labute approximate surface area is 144 Å². The normalized spacial score (nSPS) is 23.8. The van der Waals surface area contributed by atoms with Crippen LogP contribution in [0, 0.1) is 5.92 Å². The van der Waals surface area contributed by atoms with E-state index in [9.17, 15) is 4.79 Å². The highest BCUT2D eigenvalue weighted by Gasteiger charge is 2.16. The van der Waals surface area contributed by atoms with E-state index in [0.29, 0.717) is 18.1 Å². The van der Waals surface area contributed by atoms with Crippen LogP contribution in [-0.4, -0.2) is 44.9 Å². The summed E-state index contributed by atoms with van der Waals surface area (Å²) in [6.45, 7) is 4.31. The van der Waals surface area contributed by atoms with Crippen molar-refractivity contribution in [1.29, 1.82) is 0 Å². The minimum atomic E-state index is -0.0265.